The molecular weight excluding hydrogens is 446 g/mol. The number of carbonyl (C=O) groups excluding carboxylic acids is 3. The summed E-state index contributed by atoms with van der Waals surface area (Å²) in [4.78, 5) is 48.5. The summed E-state index contributed by atoms with van der Waals surface area (Å²) in [5, 5.41) is 12.8. The van der Waals surface area contributed by atoms with Crippen molar-refractivity contribution in [2.45, 2.75) is 91.5 Å². The summed E-state index contributed by atoms with van der Waals surface area (Å²) in [6.45, 7) is 11.8. The van der Waals surface area contributed by atoms with Gasteiger partial charge >= 0.3 is 24.1 Å². The predicted octanol–water partition coefficient (Wildman–Crippen LogP) is 3.98. The highest BCUT2D eigenvalue weighted by Gasteiger charge is 2.45. The van der Waals surface area contributed by atoms with Gasteiger partial charge in [-0.25, -0.2) is 9.59 Å². The average molecular weight is 482 g/mol. The van der Waals surface area contributed by atoms with Crippen molar-refractivity contribution in [2.24, 2.45) is 0 Å². The minimum absolute atomic E-state index is 0.0140. The Bertz CT molecular complexity index is 894. The predicted molar refractivity (Wildman–Crippen MR) is 123 cm³/mol. The third-order valence-corrected chi connectivity index (χ3v) is 4.82. The van der Waals surface area contributed by atoms with Crippen molar-refractivity contribution in [3.63, 3.8) is 0 Å². The molecule has 34 heavy (non-hydrogen) atoms. The second-order valence-electron chi connectivity index (χ2n) is 8.61. The molecule has 0 heterocycles. The van der Waals surface area contributed by atoms with E-state index in [-0.39, 0.29) is 36.8 Å². The highest BCUT2D eigenvalue weighted by atomic mass is 16.8. The van der Waals surface area contributed by atoms with Crippen molar-refractivity contribution < 1.29 is 43.2 Å². The molecule has 0 saturated heterocycles. The first-order valence-corrected chi connectivity index (χ1v) is 11.2. The highest BCUT2D eigenvalue weighted by molar-refractivity contribution is 5.81. The second-order valence-corrected chi connectivity index (χ2v) is 8.61. The molecule has 0 radical (unpaired) electrons. The average Bonchev–Trinajstić information content (AvgIpc) is 2.74. The summed E-state index contributed by atoms with van der Waals surface area (Å²) in [5.74, 6) is -2.59. The lowest BCUT2D eigenvalue weighted by Gasteiger charge is -2.33. The van der Waals surface area contributed by atoms with Crippen molar-refractivity contribution >= 4 is 24.1 Å². The zero-order valence-electron chi connectivity index (χ0n) is 20.9. The van der Waals surface area contributed by atoms with Gasteiger partial charge in [0.05, 0.1) is 0 Å². The number of esters is 2. The number of rotatable bonds is 12. The summed E-state index contributed by atoms with van der Waals surface area (Å²) < 4.78 is 21.1. The molecule has 10 nitrogen and oxygen atoms in total. The molecule has 1 aromatic carbocycles. The van der Waals surface area contributed by atoms with Gasteiger partial charge in [0.15, 0.2) is 11.5 Å². The first-order valence-electron chi connectivity index (χ1n) is 11.2. The maximum atomic E-state index is 12.5. The zero-order chi connectivity index (χ0) is 26.1. The van der Waals surface area contributed by atoms with E-state index in [2.05, 4.69) is 5.32 Å². The van der Waals surface area contributed by atoms with Crippen molar-refractivity contribution in [1.29, 1.82) is 0 Å². The molecule has 0 saturated carbocycles. The number of hydrogen-bond acceptors (Lipinski definition) is 9. The molecule has 0 aliphatic heterocycles. The monoisotopic (exact) mass is 481 g/mol. The minimum Gasteiger partial charge on any atom is -0.477 e. The van der Waals surface area contributed by atoms with Crippen LogP contribution in [0.5, 0.6) is 11.5 Å². The van der Waals surface area contributed by atoms with Crippen LogP contribution in [0.3, 0.4) is 0 Å². The number of benzene rings is 1. The SMILES string of the molecule is CCC(=O)Oc1ccc(C[C@](NC(C)C)(OC(=O)OC(C)(C)CC)C(=O)O)cc1OC(=O)CC. The van der Waals surface area contributed by atoms with E-state index in [9.17, 15) is 24.3 Å². The second kappa shape index (κ2) is 12.4. The van der Waals surface area contributed by atoms with Gasteiger partial charge in [-0.3, -0.25) is 14.9 Å². The van der Waals surface area contributed by atoms with Gasteiger partial charge in [-0.05, 0) is 51.8 Å². The quantitative estimate of drug-likeness (QED) is 0.256. The van der Waals surface area contributed by atoms with Crippen LogP contribution >= 0.6 is 0 Å². The molecule has 0 aromatic heterocycles. The molecule has 0 unspecified atom stereocenters. The smallest absolute Gasteiger partial charge is 0.477 e. The molecule has 0 bridgehead atoms. The lowest BCUT2D eigenvalue weighted by atomic mass is 10.0. The Labute approximate surface area is 199 Å². The van der Waals surface area contributed by atoms with Gasteiger partial charge in [0.1, 0.15) is 5.60 Å². The van der Waals surface area contributed by atoms with Crippen LogP contribution in [0.2, 0.25) is 0 Å². The standard InChI is InChI=1S/C24H35NO9/c1-8-19(26)31-17-12-11-16(13-18(17)32-20(27)9-2)14-24(21(28)29,25-15(4)5)34-22(30)33-23(6,7)10-3/h11-13,15,25H,8-10,14H2,1-7H3,(H,28,29)/t24-/m0/s1. The maximum absolute atomic E-state index is 12.5. The number of aliphatic carboxylic acids is 1. The molecule has 1 rings (SSSR count). The Morgan fingerprint density at radius 3 is 1.97 bits per heavy atom. The van der Waals surface area contributed by atoms with Crippen LogP contribution < -0.4 is 14.8 Å². The maximum Gasteiger partial charge on any atom is 0.511 e. The van der Waals surface area contributed by atoms with Gasteiger partial charge < -0.3 is 24.1 Å². The Morgan fingerprint density at radius 1 is 0.941 bits per heavy atom. The van der Waals surface area contributed by atoms with Gasteiger partial charge in [-0.15, -0.1) is 0 Å². The van der Waals surface area contributed by atoms with E-state index in [0.717, 1.165) is 0 Å². The molecule has 0 amide bonds. The van der Waals surface area contributed by atoms with E-state index in [4.69, 9.17) is 18.9 Å². The Balaban J connectivity index is 3.40. The summed E-state index contributed by atoms with van der Waals surface area (Å²) in [7, 11) is 0. The fourth-order valence-electron chi connectivity index (χ4n) is 2.73. The van der Waals surface area contributed by atoms with E-state index in [1.165, 1.54) is 18.2 Å². The number of carboxylic acid groups (broad SMARTS) is 1. The fourth-order valence-corrected chi connectivity index (χ4v) is 2.73. The van der Waals surface area contributed by atoms with Crippen LogP contribution in [0.25, 0.3) is 0 Å². The van der Waals surface area contributed by atoms with Gasteiger partial charge in [0.2, 0.25) is 0 Å². The Hall–Kier alpha value is -3.14. The molecule has 10 heteroatoms. The fraction of sp³-hybridized carbons (Fsp3) is 0.583. The van der Waals surface area contributed by atoms with Crippen molar-refractivity contribution in [2.75, 3.05) is 0 Å². The van der Waals surface area contributed by atoms with Gasteiger partial charge in [0, 0.05) is 25.3 Å². The van der Waals surface area contributed by atoms with Crippen molar-refractivity contribution in [3.05, 3.63) is 23.8 Å². The number of carbonyl (C=O) groups is 4. The van der Waals surface area contributed by atoms with E-state index in [1.807, 2.05) is 6.92 Å². The molecular formula is C24H35NO9. The number of ether oxygens (including phenoxy) is 4. The number of nitrogens with one attached hydrogen (secondary N) is 1. The lowest BCUT2D eigenvalue weighted by Crippen LogP contribution is -2.59. The summed E-state index contributed by atoms with van der Waals surface area (Å²) in [6.07, 6.45) is -0.812. The summed E-state index contributed by atoms with van der Waals surface area (Å²) >= 11 is 0. The largest absolute Gasteiger partial charge is 0.511 e. The topological polar surface area (TPSA) is 137 Å². The van der Waals surface area contributed by atoms with E-state index in [1.54, 1.807) is 41.5 Å². The molecule has 0 aliphatic rings. The third kappa shape index (κ3) is 8.66. The zero-order valence-corrected chi connectivity index (χ0v) is 20.9. The number of hydrogen-bond donors (Lipinski definition) is 2. The molecule has 1 atom stereocenters. The van der Waals surface area contributed by atoms with Crippen LogP contribution in [0.1, 0.15) is 73.3 Å². The van der Waals surface area contributed by atoms with Crippen LogP contribution in [0, 0.1) is 0 Å². The van der Waals surface area contributed by atoms with Crippen LogP contribution in [0.15, 0.2) is 18.2 Å². The normalized spacial score (nSPS) is 13.1. The van der Waals surface area contributed by atoms with Crippen molar-refractivity contribution in [3.8, 4) is 11.5 Å². The minimum atomic E-state index is -2.18. The summed E-state index contributed by atoms with van der Waals surface area (Å²) in [5.41, 5.74) is -2.69. The summed E-state index contributed by atoms with van der Waals surface area (Å²) in [6, 6.07) is 3.87. The molecule has 0 fully saturated rings. The molecule has 0 spiro atoms. The van der Waals surface area contributed by atoms with Gasteiger partial charge in [-0.1, -0.05) is 26.8 Å². The van der Waals surface area contributed by atoms with Crippen LogP contribution in [-0.2, 0) is 30.3 Å². The highest BCUT2D eigenvalue weighted by Crippen LogP contribution is 2.31. The van der Waals surface area contributed by atoms with Gasteiger partial charge in [-0.2, -0.15) is 0 Å². The number of carboxylic acids is 1. The Kier molecular flexibility index (Phi) is 10.5. The van der Waals surface area contributed by atoms with E-state index < -0.39 is 35.4 Å². The van der Waals surface area contributed by atoms with E-state index >= 15 is 0 Å². The third-order valence-electron chi connectivity index (χ3n) is 4.82. The van der Waals surface area contributed by atoms with Crippen molar-refractivity contribution in [1.82, 2.24) is 5.32 Å². The molecule has 190 valence electrons. The Morgan fingerprint density at radius 2 is 1.50 bits per heavy atom. The molecule has 1 aromatic rings. The molecule has 0 aliphatic carbocycles. The van der Waals surface area contributed by atoms with Crippen LogP contribution in [-0.4, -0.2) is 46.5 Å². The molecule has 2 N–H and O–H groups in total. The van der Waals surface area contributed by atoms with Crippen LogP contribution in [0.4, 0.5) is 4.79 Å². The first kappa shape index (κ1) is 28.9. The first-order chi connectivity index (χ1) is 15.8. The van der Waals surface area contributed by atoms with E-state index in [0.29, 0.717) is 12.0 Å². The lowest BCUT2D eigenvalue weighted by molar-refractivity contribution is -0.169. The van der Waals surface area contributed by atoms with Gasteiger partial charge in [0.25, 0.3) is 5.72 Å².